The van der Waals surface area contributed by atoms with Gasteiger partial charge in [-0.1, -0.05) is 25.5 Å². The second kappa shape index (κ2) is 4.76. The van der Waals surface area contributed by atoms with Crippen molar-refractivity contribution in [2.75, 3.05) is 0 Å². The van der Waals surface area contributed by atoms with Crippen LogP contribution in [0.25, 0.3) is 0 Å². The Labute approximate surface area is 107 Å². The van der Waals surface area contributed by atoms with E-state index >= 15 is 0 Å². The second-order valence-corrected chi connectivity index (χ2v) is 6.96. The molecule has 2 N–H and O–H groups in total. The van der Waals surface area contributed by atoms with Crippen molar-refractivity contribution in [3.8, 4) is 0 Å². The normalized spacial score (nSPS) is 42.2. The second-order valence-electron chi connectivity index (χ2n) is 6.96. The van der Waals surface area contributed by atoms with E-state index in [0.717, 1.165) is 23.7 Å². The van der Waals surface area contributed by atoms with Crippen LogP contribution in [0.15, 0.2) is 11.6 Å². The predicted octanol–water partition coefficient (Wildman–Crippen LogP) is 3.14. The van der Waals surface area contributed by atoms with Crippen LogP contribution in [0.2, 0.25) is 0 Å². The summed E-state index contributed by atoms with van der Waals surface area (Å²) < 4.78 is 0. The number of nitrogens with two attached hydrogens (primary N) is 1. The monoisotopic (exact) mass is 235 g/mol. The van der Waals surface area contributed by atoms with Crippen LogP contribution < -0.4 is 5.32 Å². The summed E-state index contributed by atoms with van der Waals surface area (Å²) in [5, 5.41) is 2.22. The van der Waals surface area contributed by atoms with Gasteiger partial charge in [0.1, 0.15) is 0 Å². The molecule has 4 atom stereocenters. The van der Waals surface area contributed by atoms with Crippen molar-refractivity contribution in [3.63, 3.8) is 0 Å². The van der Waals surface area contributed by atoms with Crippen LogP contribution in [0, 0.1) is 30.7 Å². The lowest BCUT2D eigenvalue weighted by atomic mass is 9.59. The van der Waals surface area contributed by atoms with Gasteiger partial charge in [0.15, 0.2) is 0 Å². The molecule has 0 bridgehead atoms. The fourth-order valence-electron chi connectivity index (χ4n) is 4.10. The van der Waals surface area contributed by atoms with Gasteiger partial charge in [0, 0.05) is 12.8 Å². The summed E-state index contributed by atoms with van der Waals surface area (Å²) in [6.07, 6.45) is 7.88. The smallest absolute Gasteiger partial charge is 0.0698 e. The lowest BCUT2D eigenvalue weighted by Crippen LogP contribution is -2.91. The van der Waals surface area contributed by atoms with Crippen LogP contribution in [0.1, 0.15) is 53.4 Å². The summed E-state index contributed by atoms with van der Waals surface area (Å²) in [7, 11) is 4.07. The van der Waals surface area contributed by atoms with Gasteiger partial charge in [0.25, 0.3) is 0 Å². The Bertz CT molecular complexity index is 305. The molecule has 2 aliphatic carbocycles. The van der Waals surface area contributed by atoms with E-state index in [9.17, 15) is 0 Å². The van der Waals surface area contributed by atoms with E-state index in [4.69, 9.17) is 0 Å². The van der Waals surface area contributed by atoms with Crippen molar-refractivity contribution in [2.24, 2.45) is 23.7 Å². The van der Waals surface area contributed by atoms with Gasteiger partial charge in [-0.15, -0.1) is 0 Å². The quantitative estimate of drug-likeness (QED) is 0.559. The SMILES string of the molecule is [CH2-][NH2+]C1(C)CCC2C(C)=CCC(C(C)C)C2C1. The Kier molecular flexibility index (Phi) is 3.68. The van der Waals surface area contributed by atoms with E-state index in [-0.39, 0.29) is 0 Å². The zero-order chi connectivity index (χ0) is 12.6. The number of rotatable bonds is 2. The molecule has 1 saturated carbocycles. The van der Waals surface area contributed by atoms with E-state index in [1.165, 1.54) is 25.7 Å². The lowest BCUT2D eigenvalue weighted by Gasteiger charge is -2.48. The summed E-state index contributed by atoms with van der Waals surface area (Å²) in [6.45, 7) is 9.55. The predicted molar refractivity (Wildman–Crippen MR) is 73.2 cm³/mol. The van der Waals surface area contributed by atoms with Gasteiger partial charge >= 0.3 is 0 Å². The number of fused-ring (bicyclic) bond motifs is 1. The molecule has 0 amide bonds. The minimum atomic E-state index is 0.395. The molecular weight excluding hydrogens is 206 g/mol. The zero-order valence-electron chi connectivity index (χ0n) is 12.0. The first kappa shape index (κ1) is 13.1. The molecule has 0 aromatic heterocycles. The highest BCUT2D eigenvalue weighted by atomic mass is 14.9. The fraction of sp³-hybridized carbons (Fsp3) is 0.812. The average molecular weight is 235 g/mol. The number of hydrogen-bond acceptors (Lipinski definition) is 0. The summed E-state index contributed by atoms with van der Waals surface area (Å²) in [4.78, 5) is 0. The summed E-state index contributed by atoms with van der Waals surface area (Å²) in [5.74, 6) is 3.48. The molecule has 0 aromatic carbocycles. The Hall–Kier alpha value is -0.300. The average Bonchev–Trinajstić information content (AvgIpc) is 2.29. The minimum Gasteiger partial charge on any atom is -0.474 e. The molecule has 17 heavy (non-hydrogen) atoms. The van der Waals surface area contributed by atoms with Gasteiger partial charge in [-0.3, -0.25) is 0 Å². The lowest BCUT2D eigenvalue weighted by molar-refractivity contribution is -0.678. The van der Waals surface area contributed by atoms with Gasteiger partial charge in [-0.05, 0) is 50.4 Å². The summed E-state index contributed by atoms with van der Waals surface area (Å²) in [6, 6.07) is 0. The molecule has 98 valence electrons. The van der Waals surface area contributed by atoms with Crippen molar-refractivity contribution in [1.29, 1.82) is 0 Å². The van der Waals surface area contributed by atoms with Crippen molar-refractivity contribution in [2.45, 2.75) is 58.9 Å². The molecule has 0 spiro atoms. The first-order chi connectivity index (χ1) is 7.97. The van der Waals surface area contributed by atoms with Gasteiger partial charge in [-0.2, -0.15) is 7.05 Å². The largest absolute Gasteiger partial charge is 0.474 e. The molecule has 0 radical (unpaired) electrons. The Balaban J connectivity index is 2.21. The van der Waals surface area contributed by atoms with Gasteiger partial charge in [0.2, 0.25) is 0 Å². The van der Waals surface area contributed by atoms with E-state index < -0.39 is 0 Å². The highest BCUT2D eigenvalue weighted by Crippen LogP contribution is 2.48. The van der Waals surface area contributed by atoms with Crippen molar-refractivity contribution in [1.82, 2.24) is 0 Å². The highest BCUT2D eigenvalue weighted by molar-refractivity contribution is 5.14. The van der Waals surface area contributed by atoms with Crippen LogP contribution in [-0.2, 0) is 0 Å². The molecule has 0 aliphatic heterocycles. The molecule has 1 heteroatoms. The third-order valence-corrected chi connectivity index (χ3v) is 5.44. The summed E-state index contributed by atoms with van der Waals surface area (Å²) in [5.41, 5.74) is 2.06. The Morgan fingerprint density at radius 3 is 2.76 bits per heavy atom. The highest BCUT2D eigenvalue weighted by Gasteiger charge is 2.44. The van der Waals surface area contributed by atoms with Crippen LogP contribution >= 0.6 is 0 Å². The van der Waals surface area contributed by atoms with Crippen molar-refractivity contribution < 1.29 is 5.32 Å². The van der Waals surface area contributed by atoms with Gasteiger partial charge in [0.05, 0.1) is 5.54 Å². The fourth-order valence-corrected chi connectivity index (χ4v) is 4.10. The third-order valence-electron chi connectivity index (χ3n) is 5.44. The topological polar surface area (TPSA) is 16.6 Å². The van der Waals surface area contributed by atoms with Gasteiger partial charge < -0.3 is 5.32 Å². The first-order valence-corrected chi connectivity index (χ1v) is 7.27. The number of hydrogen-bond donors (Lipinski definition) is 1. The van der Waals surface area contributed by atoms with E-state index in [2.05, 4.69) is 46.1 Å². The van der Waals surface area contributed by atoms with Crippen molar-refractivity contribution >= 4 is 0 Å². The van der Waals surface area contributed by atoms with Crippen LogP contribution in [0.4, 0.5) is 0 Å². The zero-order valence-corrected chi connectivity index (χ0v) is 12.0. The molecule has 1 nitrogen and oxygen atoms in total. The molecule has 2 aliphatic rings. The molecular formula is C16H29N. The Morgan fingerprint density at radius 2 is 2.18 bits per heavy atom. The maximum atomic E-state index is 4.07. The van der Waals surface area contributed by atoms with E-state index in [1.54, 1.807) is 5.57 Å². The molecule has 0 saturated heterocycles. The van der Waals surface area contributed by atoms with Crippen LogP contribution in [0.5, 0.6) is 0 Å². The molecule has 0 heterocycles. The van der Waals surface area contributed by atoms with Crippen molar-refractivity contribution in [3.05, 3.63) is 18.7 Å². The molecule has 0 aromatic rings. The number of quaternary nitrogens is 1. The molecule has 4 unspecified atom stereocenters. The van der Waals surface area contributed by atoms with E-state index in [0.29, 0.717) is 5.54 Å². The third kappa shape index (κ3) is 2.45. The van der Waals surface area contributed by atoms with Crippen LogP contribution in [0.3, 0.4) is 0 Å². The molecule has 1 fully saturated rings. The maximum absolute atomic E-state index is 4.07. The minimum absolute atomic E-state index is 0.395. The number of allylic oxidation sites excluding steroid dienone is 2. The van der Waals surface area contributed by atoms with Crippen LogP contribution in [-0.4, -0.2) is 5.54 Å². The maximum Gasteiger partial charge on any atom is 0.0698 e. The first-order valence-electron chi connectivity index (χ1n) is 7.27. The van der Waals surface area contributed by atoms with E-state index in [1.807, 2.05) is 0 Å². The Morgan fingerprint density at radius 1 is 1.47 bits per heavy atom. The molecule has 2 rings (SSSR count). The summed E-state index contributed by atoms with van der Waals surface area (Å²) >= 11 is 0. The standard InChI is InChI=1S/C16H29N/c1-11(2)13-7-6-12(3)14-8-9-16(4,17-5)10-15(13)14/h6,11,13-15H,5,7-10,17H2,1-4H3. The van der Waals surface area contributed by atoms with Gasteiger partial charge in [-0.25, -0.2) is 0 Å².